The molecular weight excluding hydrogens is 262 g/mol. The van der Waals surface area contributed by atoms with Gasteiger partial charge in [-0.25, -0.2) is 0 Å². The molecule has 0 spiro atoms. The third kappa shape index (κ3) is 6.50. The molecule has 0 aromatic heterocycles. The molecule has 1 aromatic rings. The van der Waals surface area contributed by atoms with Crippen molar-refractivity contribution in [3.05, 3.63) is 36.4 Å². The summed E-state index contributed by atoms with van der Waals surface area (Å²) >= 11 is 0. The molecule has 19 heavy (non-hydrogen) atoms. The highest BCUT2D eigenvalue weighted by atomic mass is 35.5. The highest BCUT2D eigenvalue weighted by Crippen LogP contribution is 2.28. The Hall–Kier alpha value is -1.19. The Kier molecular flexibility index (Phi) is 7.57. The number of benzene rings is 1. The van der Waals surface area contributed by atoms with Crippen molar-refractivity contribution in [2.24, 2.45) is 0 Å². The largest absolute Gasteiger partial charge is 1.00 e. The fraction of sp³-hybridized carbons (Fsp3) is 0.467. The number of hydrogen-bond donors (Lipinski definition) is 1. The summed E-state index contributed by atoms with van der Waals surface area (Å²) in [6, 6.07) is 5.97. The molecule has 0 unspecified atom stereocenters. The molecule has 1 aromatic carbocycles. The molecule has 0 radical (unpaired) electrons. The lowest BCUT2D eigenvalue weighted by molar-refractivity contribution is -0.00000511. The van der Waals surface area contributed by atoms with E-state index in [0.717, 1.165) is 18.0 Å². The molecule has 0 aliphatic heterocycles. The standard InChI is InChI=1S/C15H23NO2.ClH/c1-6-9-18-13-8-7-12(10-14(13)17-5)11-16-15(2,3)4;/h6-8,10,16H,1,9,11H2,2-5H3;1H/p-1. The van der Waals surface area contributed by atoms with Crippen LogP contribution in [0.15, 0.2) is 30.9 Å². The van der Waals surface area contributed by atoms with Gasteiger partial charge in [-0.2, -0.15) is 0 Å². The van der Waals surface area contributed by atoms with Crippen molar-refractivity contribution in [1.82, 2.24) is 5.32 Å². The van der Waals surface area contributed by atoms with Crippen LogP contribution in [0.2, 0.25) is 0 Å². The summed E-state index contributed by atoms with van der Waals surface area (Å²) in [6.07, 6.45) is 1.72. The summed E-state index contributed by atoms with van der Waals surface area (Å²) in [4.78, 5) is 0. The zero-order chi connectivity index (χ0) is 13.6. The number of rotatable bonds is 6. The molecule has 0 saturated heterocycles. The second-order valence-corrected chi connectivity index (χ2v) is 5.19. The van der Waals surface area contributed by atoms with Crippen LogP contribution in [0.1, 0.15) is 26.3 Å². The lowest BCUT2D eigenvalue weighted by Crippen LogP contribution is -3.00. The van der Waals surface area contributed by atoms with Gasteiger partial charge in [0, 0.05) is 12.1 Å². The van der Waals surface area contributed by atoms with Crippen LogP contribution in [0.25, 0.3) is 0 Å². The van der Waals surface area contributed by atoms with Crippen molar-refractivity contribution in [3.8, 4) is 11.5 Å². The van der Waals surface area contributed by atoms with E-state index in [0.29, 0.717) is 6.61 Å². The van der Waals surface area contributed by atoms with E-state index >= 15 is 0 Å². The SMILES string of the molecule is C=CCOc1ccc(CNC(C)(C)C)cc1OC.[Cl-]. The third-order valence-electron chi connectivity index (χ3n) is 2.41. The fourth-order valence-electron chi connectivity index (χ4n) is 1.46. The Balaban J connectivity index is 0.00000324. The van der Waals surface area contributed by atoms with Gasteiger partial charge in [-0.3, -0.25) is 0 Å². The zero-order valence-electron chi connectivity index (χ0n) is 12.1. The topological polar surface area (TPSA) is 30.5 Å². The van der Waals surface area contributed by atoms with Crippen LogP contribution in [-0.4, -0.2) is 19.3 Å². The predicted molar refractivity (Wildman–Crippen MR) is 75.3 cm³/mol. The van der Waals surface area contributed by atoms with Gasteiger partial charge in [0.25, 0.3) is 0 Å². The van der Waals surface area contributed by atoms with Crippen LogP contribution in [-0.2, 0) is 6.54 Å². The molecule has 0 amide bonds. The summed E-state index contributed by atoms with van der Waals surface area (Å²) < 4.78 is 10.8. The van der Waals surface area contributed by atoms with Gasteiger partial charge < -0.3 is 27.2 Å². The number of halogens is 1. The molecule has 108 valence electrons. The van der Waals surface area contributed by atoms with E-state index < -0.39 is 0 Å². The summed E-state index contributed by atoms with van der Waals surface area (Å²) in [5, 5.41) is 3.44. The summed E-state index contributed by atoms with van der Waals surface area (Å²) in [5.41, 5.74) is 1.28. The predicted octanol–water partition coefficient (Wildman–Crippen LogP) is 0.152. The Labute approximate surface area is 122 Å². The molecule has 4 heteroatoms. The van der Waals surface area contributed by atoms with Crippen LogP contribution >= 0.6 is 0 Å². The second kappa shape index (κ2) is 8.08. The minimum Gasteiger partial charge on any atom is -1.00 e. The van der Waals surface area contributed by atoms with E-state index in [1.165, 1.54) is 5.56 Å². The van der Waals surface area contributed by atoms with Crippen LogP contribution in [0, 0.1) is 0 Å². The van der Waals surface area contributed by atoms with Gasteiger partial charge in [0.15, 0.2) is 11.5 Å². The molecule has 1 rings (SSSR count). The molecule has 3 nitrogen and oxygen atoms in total. The second-order valence-electron chi connectivity index (χ2n) is 5.19. The van der Waals surface area contributed by atoms with E-state index in [-0.39, 0.29) is 17.9 Å². The third-order valence-corrected chi connectivity index (χ3v) is 2.41. The highest BCUT2D eigenvalue weighted by Gasteiger charge is 2.10. The quantitative estimate of drug-likeness (QED) is 0.755. The zero-order valence-corrected chi connectivity index (χ0v) is 12.9. The van der Waals surface area contributed by atoms with Crippen LogP contribution < -0.4 is 27.2 Å². The van der Waals surface area contributed by atoms with Crippen LogP contribution in [0.4, 0.5) is 0 Å². The first kappa shape index (κ1) is 17.8. The summed E-state index contributed by atoms with van der Waals surface area (Å²) in [6.45, 7) is 11.4. The maximum absolute atomic E-state index is 5.51. The van der Waals surface area contributed by atoms with Crippen LogP contribution in [0.3, 0.4) is 0 Å². The molecule has 0 heterocycles. The van der Waals surface area contributed by atoms with Gasteiger partial charge in [0.1, 0.15) is 6.61 Å². The van der Waals surface area contributed by atoms with Gasteiger partial charge in [-0.15, -0.1) is 0 Å². The molecule has 0 bridgehead atoms. The Morgan fingerprint density at radius 2 is 1.95 bits per heavy atom. The number of ether oxygens (including phenoxy) is 2. The van der Waals surface area contributed by atoms with E-state index in [2.05, 4.69) is 32.7 Å². The fourth-order valence-corrected chi connectivity index (χ4v) is 1.46. The smallest absolute Gasteiger partial charge is 0.161 e. The van der Waals surface area contributed by atoms with Crippen molar-refractivity contribution < 1.29 is 21.9 Å². The first-order chi connectivity index (χ1) is 8.46. The van der Waals surface area contributed by atoms with E-state index in [4.69, 9.17) is 9.47 Å². The maximum Gasteiger partial charge on any atom is 0.161 e. The Bertz CT molecular complexity index is 400. The molecular formula is C15H23ClNO2-. The first-order valence-electron chi connectivity index (χ1n) is 6.12. The lowest BCUT2D eigenvalue weighted by Gasteiger charge is -2.21. The van der Waals surface area contributed by atoms with Crippen molar-refractivity contribution >= 4 is 0 Å². The maximum atomic E-state index is 5.51. The summed E-state index contributed by atoms with van der Waals surface area (Å²) in [7, 11) is 1.65. The van der Waals surface area contributed by atoms with E-state index in [1.54, 1.807) is 13.2 Å². The molecule has 0 atom stereocenters. The van der Waals surface area contributed by atoms with Gasteiger partial charge >= 0.3 is 0 Å². The molecule has 0 aliphatic rings. The number of hydrogen-bond acceptors (Lipinski definition) is 3. The van der Waals surface area contributed by atoms with Gasteiger partial charge in [0.05, 0.1) is 7.11 Å². The normalized spacial score (nSPS) is 10.5. The number of nitrogens with one attached hydrogen (secondary N) is 1. The highest BCUT2D eigenvalue weighted by molar-refractivity contribution is 5.43. The molecule has 1 N–H and O–H groups in total. The van der Waals surface area contributed by atoms with Crippen molar-refractivity contribution in [1.29, 1.82) is 0 Å². The van der Waals surface area contributed by atoms with Gasteiger partial charge in [0.2, 0.25) is 0 Å². The van der Waals surface area contributed by atoms with Gasteiger partial charge in [-0.1, -0.05) is 18.7 Å². The summed E-state index contributed by atoms with van der Waals surface area (Å²) in [5.74, 6) is 1.50. The van der Waals surface area contributed by atoms with Crippen molar-refractivity contribution in [2.45, 2.75) is 32.9 Å². The van der Waals surface area contributed by atoms with Crippen molar-refractivity contribution in [2.75, 3.05) is 13.7 Å². The minimum absolute atomic E-state index is 0. The Morgan fingerprint density at radius 3 is 2.47 bits per heavy atom. The van der Waals surface area contributed by atoms with Crippen molar-refractivity contribution in [3.63, 3.8) is 0 Å². The average Bonchev–Trinajstić information content (AvgIpc) is 2.33. The van der Waals surface area contributed by atoms with E-state index in [9.17, 15) is 0 Å². The lowest BCUT2D eigenvalue weighted by atomic mass is 10.1. The van der Waals surface area contributed by atoms with Crippen LogP contribution in [0.5, 0.6) is 11.5 Å². The van der Waals surface area contributed by atoms with Gasteiger partial charge in [-0.05, 0) is 38.5 Å². The molecule has 0 aliphatic carbocycles. The molecule has 0 saturated carbocycles. The first-order valence-corrected chi connectivity index (χ1v) is 6.12. The Morgan fingerprint density at radius 1 is 1.26 bits per heavy atom. The monoisotopic (exact) mass is 284 g/mol. The average molecular weight is 285 g/mol. The number of methoxy groups -OCH3 is 1. The minimum atomic E-state index is 0. The van der Waals surface area contributed by atoms with E-state index in [1.807, 2.05) is 18.2 Å². The molecule has 0 fully saturated rings.